The van der Waals surface area contributed by atoms with Gasteiger partial charge in [0.1, 0.15) is 29.0 Å². The Kier molecular flexibility index (Phi) is 6.22. The third-order valence-electron chi connectivity index (χ3n) is 4.53. The molecular weight excluding hydrogens is 404 g/mol. The smallest absolute Gasteiger partial charge is 0.259 e. The average Bonchev–Trinajstić information content (AvgIpc) is 2.80. The molecule has 2 aromatic heterocycles. The van der Waals surface area contributed by atoms with Gasteiger partial charge in [-0.1, -0.05) is 18.2 Å². The van der Waals surface area contributed by atoms with E-state index in [0.717, 1.165) is 5.69 Å². The summed E-state index contributed by atoms with van der Waals surface area (Å²) in [5.74, 6) is 2.89. The van der Waals surface area contributed by atoms with Crippen molar-refractivity contribution >= 4 is 34.7 Å². The van der Waals surface area contributed by atoms with Gasteiger partial charge < -0.3 is 20.7 Å². The van der Waals surface area contributed by atoms with E-state index in [1.165, 1.54) is 0 Å². The molecule has 0 aliphatic rings. The number of hydrogen-bond acceptors (Lipinski definition) is 7. The normalized spacial score (nSPS) is 10.3. The van der Waals surface area contributed by atoms with Crippen LogP contribution in [0.5, 0.6) is 5.75 Å². The Morgan fingerprint density at radius 1 is 0.812 bits per heavy atom. The zero-order valence-electron chi connectivity index (χ0n) is 17.7. The number of hydrogen-bond donors (Lipinski definition) is 3. The summed E-state index contributed by atoms with van der Waals surface area (Å²) in [6.07, 6.45) is 1.71. The highest BCUT2D eigenvalue weighted by atomic mass is 16.5. The second kappa shape index (κ2) is 9.57. The summed E-state index contributed by atoms with van der Waals surface area (Å²) < 4.78 is 5.25. The molecule has 4 aromatic rings. The van der Waals surface area contributed by atoms with Crippen LogP contribution in [0.15, 0.2) is 79.0 Å². The largest absolute Gasteiger partial charge is 0.496 e. The Balaban J connectivity index is 1.44. The summed E-state index contributed by atoms with van der Waals surface area (Å²) >= 11 is 0. The fourth-order valence-electron chi connectivity index (χ4n) is 3.08. The molecule has 0 unspecified atom stereocenters. The summed E-state index contributed by atoms with van der Waals surface area (Å²) in [7, 11) is 1.54. The first kappa shape index (κ1) is 20.8. The van der Waals surface area contributed by atoms with E-state index in [4.69, 9.17) is 4.74 Å². The van der Waals surface area contributed by atoms with E-state index in [9.17, 15) is 4.79 Å². The van der Waals surface area contributed by atoms with Gasteiger partial charge in [0.2, 0.25) is 0 Å². The van der Waals surface area contributed by atoms with Crippen LogP contribution in [0.3, 0.4) is 0 Å². The zero-order valence-corrected chi connectivity index (χ0v) is 17.7. The number of pyridine rings is 1. The van der Waals surface area contributed by atoms with Gasteiger partial charge in [0.25, 0.3) is 5.91 Å². The van der Waals surface area contributed by atoms with Gasteiger partial charge in [-0.3, -0.25) is 4.79 Å². The van der Waals surface area contributed by atoms with Crippen LogP contribution >= 0.6 is 0 Å². The number of rotatable bonds is 7. The lowest BCUT2D eigenvalue weighted by Gasteiger charge is -2.11. The second-order valence-electron chi connectivity index (χ2n) is 6.88. The molecular formula is C24H22N6O2. The predicted octanol–water partition coefficient (Wildman–Crippen LogP) is 4.93. The molecule has 0 saturated heterocycles. The Morgan fingerprint density at radius 3 is 2.22 bits per heavy atom. The monoisotopic (exact) mass is 426 g/mol. The highest BCUT2D eigenvalue weighted by molar-refractivity contribution is 6.06. The molecule has 0 aliphatic carbocycles. The number of nitrogens with one attached hydrogen (secondary N) is 3. The number of aromatic nitrogens is 3. The van der Waals surface area contributed by atoms with Gasteiger partial charge in [-0.2, -0.15) is 0 Å². The molecule has 2 heterocycles. The molecule has 0 radical (unpaired) electrons. The van der Waals surface area contributed by atoms with Crippen molar-refractivity contribution in [3.05, 3.63) is 90.4 Å². The van der Waals surface area contributed by atoms with Crippen LogP contribution in [0.2, 0.25) is 0 Å². The average molecular weight is 426 g/mol. The fourth-order valence-corrected chi connectivity index (χ4v) is 3.08. The Labute approximate surface area is 185 Å². The van der Waals surface area contributed by atoms with Crippen LogP contribution in [0.1, 0.15) is 16.2 Å². The summed E-state index contributed by atoms with van der Waals surface area (Å²) in [5, 5.41) is 9.30. The summed E-state index contributed by atoms with van der Waals surface area (Å²) in [4.78, 5) is 25.6. The van der Waals surface area contributed by atoms with Crippen molar-refractivity contribution in [3.8, 4) is 5.75 Å². The number of nitrogens with zero attached hydrogens (tertiary/aromatic N) is 3. The fraction of sp³-hybridized carbons (Fsp3) is 0.0833. The first-order valence-corrected chi connectivity index (χ1v) is 9.96. The second-order valence-corrected chi connectivity index (χ2v) is 6.88. The van der Waals surface area contributed by atoms with E-state index in [2.05, 4.69) is 30.9 Å². The van der Waals surface area contributed by atoms with Gasteiger partial charge >= 0.3 is 0 Å². The number of benzene rings is 2. The molecule has 1 amide bonds. The van der Waals surface area contributed by atoms with Crippen molar-refractivity contribution in [1.82, 2.24) is 15.0 Å². The van der Waals surface area contributed by atoms with Crippen molar-refractivity contribution in [2.75, 3.05) is 23.1 Å². The van der Waals surface area contributed by atoms with Crippen molar-refractivity contribution in [2.45, 2.75) is 6.92 Å². The Morgan fingerprint density at radius 2 is 1.50 bits per heavy atom. The highest BCUT2D eigenvalue weighted by Crippen LogP contribution is 2.23. The molecule has 160 valence electrons. The molecule has 8 heteroatoms. The van der Waals surface area contributed by atoms with E-state index < -0.39 is 0 Å². The lowest BCUT2D eigenvalue weighted by atomic mass is 10.2. The van der Waals surface area contributed by atoms with Gasteiger partial charge in [-0.25, -0.2) is 15.0 Å². The molecule has 8 nitrogen and oxygen atoms in total. The van der Waals surface area contributed by atoms with Crippen LogP contribution in [-0.2, 0) is 0 Å². The SMILES string of the molecule is COc1ccccc1C(=O)Nc1ccc(Nc2cc(Nc3ccccn3)nc(C)n2)cc1. The van der Waals surface area contributed by atoms with E-state index in [1.807, 2.05) is 55.5 Å². The molecule has 4 rings (SSSR count). The number of ether oxygens (including phenoxy) is 1. The predicted molar refractivity (Wildman–Crippen MR) is 125 cm³/mol. The van der Waals surface area contributed by atoms with Gasteiger partial charge in [0.05, 0.1) is 12.7 Å². The number of anilines is 5. The summed E-state index contributed by atoms with van der Waals surface area (Å²) in [5.41, 5.74) is 1.96. The maximum absolute atomic E-state index is 12.6. The Bertz CT molecular complexity index is 1210. The molecule has 0 bridgehead atoms. The quantitative estimate of drug-likeness (QED) is 0.385. The van der Waals surface area contributed by atoms with Crippen LogP contribution < -0.4 is 20.7 Å². The summed E-state index contributed by atoms with van der Waals surface area (Å²) in [6, 6.07) is 21.9. The van der Waals surface area contributed by atoms with Gasteiger partial charge in [-0.15, -0.1) is 0 Å². The molecule has 0 fully saturated rings. The lowest BCUT2D eigenvalue weighted by molar-refractivity contribution is 0.102. The first-order chi connectivity index (χ1) is 15.6. The standard InChI is InChI=1S/C24H22N6O2/c1-16-26-22(15-23(27-16)30-21-9-5-6-14-25-21)28-17-10-12-18(13-11-17)29-24(31)19-7-3-4-8-20(19)32-2/h3-15H,1-2H3,(H,29,31)(H2,25,26,27,28,30). The number of aryl methyl sites for hydroxylation is 1. The molecule has 0 atom stereocenters. The van der Waals surface area contributed by atoms with Crippen molar-refractivity contribution in [1.29, 1.82) is 0 Å². The van der Waals surface area contributed by atoms with E-state index in [-0.39, 0.29) is 5.91 Å². The van der Waals surface area contributed by atoms with Crippen LogP contribution in [0.25, 0.3) is 0 Å². The molecule has 2 aromatic carbocycles. The van der Waals surface area contributed by atoms with E-state index >= 15 is 0 Å². The molecule has 0 saturated carbocycles. The maximum Gasteiger partial charge on any atom is 0.259 e. The lowest BCUT2D eigenvalue weighted by Crippen LogP contribution is -2.13. The minimum Gasteiger partial charge on any atom is -0.496 e. The topological polar surface area (TPSA) is 101 Å². The molecule has 0 aliphatic heterocycles. The van der Waals surface area contributed by atoms with Gasteiger partial charge in [0.15, 0.2) is 0 Å². The van der Waals surface area contributed by atoms with Crippen LogP contribution in [0.4, 0.5) is 28.8 Å². The third-order valence-corrected chi connectivity index (χ3v) is 4.53. The number of carbonyl (C=O) groups is 1. The van der Waals surface area contributed by atoms with Crippen molar-refractivity contribution in [3.63, 3.8) is 0 Å². The number of amides is 1. The number of methoxy groups -OCH3 is 1. The number of carbonyl (C=O) groups excluding carboxylic acids is 1. The summed E-state index contributed by atoms with van der Waals surface area (Å²) in [6.45, 7) is 1.82. The van der Waals surface area contributed by atoms with Crippen LogP contribution in [-0.4, -0.2) is 28.0 Å². The molecule has 3 N–H and O–H groups in total. The highest BCUT2D eigenvalue weighted by Gasteiger charge is 2.11. The molecule has 32 heavy (non-hydrogen) atoms. The van der Waals surface area contributed by atoms with E-state index in [0.29, 0.717) is 40.3 Å². The Hall–Kier alpha value is -4.46. The van der Waals surface area contributed by atoms with Gasteiger partial charge in [0, 0.05) is 23.6 Å². The van der Waals surface area contributed by atoms with Crippen LogP contribution in [0, 0.1) is 6.92 Å². The maximum atomic E-state index is 12.6. The number of para-hydroxylation sites is 1. The molecule has 0 spiro atoms. The third kappa shape index (κ3) is 5.17. The first-order valence-electron chi connectivity index (χ1n) is 9.96. The minimum atomic E-state index is -0.236. The van der Waals surface area contributed by atoms with E-state index in [1.54, 1.807) is 37.6 Å². The van der Waals surface area contributed by atoms with Gasteiger partial charge in [-0.05, 0) is 55.5 Å². The minimum absolute atomic E-state index is 0.236. The zero-order chi connectivity index (χ0) is 22.3. The van der Waals surface area contributed by atoms with Crippen molar-refractivity contribution < 1.29 is 9.53 Å². The van der Waals surface area contributed by atoms with Crippen molar-refractivity contribution in [2.24, 2.45) is 0 Å².